The first-order valence-corrected chi connectivity index (χ1v) is 5.31. The second-order valence-electron chi connectivity index (χ2n) is 3.01. The SMILES string of the molecule is Cc1nc(Sc2cc(CN)ccn2)n[nH]1. The molecule has 2 aromatic rings. The summed E-state index contributed by atoms with van der Waals surface area (Å²) < 4.78 is 0. The van der Waals surface area contributed by atoms with Crippen LogP contribution in [-0.4, -0.2) is 20.2 Å². The van der Waals surface area contributed by atoms with Crippen LogP contribution in [-0.2, 0) is 6.54 Å². The molecule has 0 aliphatic rings. The quantitative estimate of drug-likeness (QED) is 0.811. The Morgan fingerprint density at radius 2 is 2.40 bits per heavy atom. The lowest BCUT2D eigenvalue weighted by Crippen LogP contribution is -1.96. The topological polar surface area (TPSA) is 80.5 Å². The van der Waals surface area contributed by atoms with Crippen molar-refractivity contribution in [2.45, 2.75) is 23.7 Å². The van der Waals surface area contributed by atoms with Crippen molar-refractivity contribution < 1.29 is 0 Å². The average Bonchev–Trinajstić information content (AvgIpc) is 2.64. The molecular weight excluding hydrogens is 210 g/mol. The number of nitrogens with two attached hydrogens (primary N) is 1. The van der Waals surface area contributed by atoms with Gasteiger partial charge in [-0.2, -0.15) is 0 Å². The summed E-state index contributed by atoms with van der Waals surface area (Å²) in [6.45, 7) is 2.38. The van der Waals surface area contributed by atoms with Crippen molar-refractivity contribution in [3.8, 4) is 0 Å². The van der Waals surface area contributed by atoms with Gasteiger partial charge in [0.25, 0.3) is 0 Å². The van der Waals surface area contributed by atoms with E-state index in [0.29, 0.717) is 11.7 Å². The molecule has 0 radical (unpaired) electrons. The third-order valence-electron chi connectivity index (χ3n) is 1.81. The zero-order valence-corrected chi connectivity index (χ0v) is 9.08. The maximum Gasteiger partial charge on any atom is 0.214 e. The van der Waals surface area contributed by atoms with Gasteiger partial charge in [0.05, 0.1) is 0 Å². The summed E-state index contributed by atoms with van der Waals surface area (Å²) in [5, 5.41) is 8.34. The molecule has 0 atom stereocenters. The molecule has 78 valence electrons. The van der Waals surface area contributed by atoms with Crippen LogP contribution >= 0.6 is 11.8 Å². The molecule has 0 saturated heterocycles. The number of hydrogen-bond acceptors (Lipinski definition) is 5. The number of nitrogens with zero attached hydrogens (tertiary/aromatic N) is 3. The standard InChI is InChI=1S/C9H11N5S/c1-6-12-9(14-13-6)15-8-4-7(5-10)2-3-11-8/h2-4H,5,10H2,1H3,(H,12,13,14). The molecule has 5 nitrogen and oxygen atoms in total. The van der Waals surface area contributed by atoms with Gasteiger partial charge in [-0.25, -0.2) is 9.97 Å². The summed E-state index contributed by atoms with van der Waals surface area (Å²) in [5.41, 5.74) is 6.60. The highest BCUT2D eigenvalue weighted by molar-refractivity contribution is 7.99. The number of rotatable bonds is 3. The van der Waals surface area contributed by atoms with Crippen molar-refractivity contribution in [1.82, 2.24) is 20.2 Å². The minimum Gasteiger partial charge on any atom is -0.326 e. The van der Waals surface area contributed by atoms with Gasteiger partial charge >= 0.3 is 0 Å². The summed E-state index contributed by atoms with van der Waals surface area (Å²) in [5.74, 6) is 0.799. The number of pyridine rings is 1. The molecule has 0 fully saturated rings. The molecule has 0 spiro atoms. The van der Waals surface area contributed by atoms with Gasteiger partial charge in [0.15, 0.2) is 0 Å². The van der Waals surface area contributed by atoms with Gasteiger partial charge in [-0.1, -0.05) is 0 Å². The number of aromatic nitrogens is 4. The van der Waals surface area contributed by atoms with E-state index in [9.17, 15) is 0 Å². The molecule has 3 N–H and O–H groups in total. The highest BCUT2D eigenvalue weighted by Crippen LogP contribution is 2.22. The lowest BCUT2D eigenvalue weighted by molar-refractivity contribution is 0.960. The molecular formula is C9H11N5S. The first kappa shape index (κ1) is 10.1. The van der Waals surface area contributed by atoms with Crippen LogP contribution in [0.3, 0.4) is 0 Å². The Morgan fingerprint density at radius 3 is 3.07 bits per heavy atom. The fourth-order valence-electron chi connectivity index (χ4n) is 1.09. The largest absolute Gasteiger partial charge is 0.326 e. The molecule has 0 unspecified atom stereocenters. The third kappa shape index (κ3) is 2.54. The molecule has 6 heteroatoms. The first-order valence-electron chi connectivity index (χ1n) is 4.50. The normalized spacial score (nSPS) is 10.5. The molecule has 0 aliphatic carbocycles. The number of aryl methyl sites for hydroxylation is 1. The van der Waals surface area contributed by atoms with Crippen LogP contribution in [0.2, 0.25) is 0 Å². The third-order valence-corrected chi connectivity index (χ3v) is 2.61. The van der Waals surface area contributed by atoms with E-state index in [1.54, 1.807) is 6.20 Å². The molecule has 0 bridgehead atoms. The Bertz CT molecular complexity index is 453. The predicted molar refractivity (Wildman–Crippen MR) is 57.4 cm³/mol. The van der Waals surface area contributed by atoms with Gasteiger partial charge in [-0.3, -0.25) is 5.10 Å². The van der Waals surface area contributed by atoms with E-state index >= 15 is 0 Å². The maximum atomic E-state index is 5.54. The summed E-state index contributed by atoms with van der Waals surface area (Å²) in [6.07, 6.45) is 1.74. The van der Waals surface area contributed by atoms with Gasteiger partial charge in [0.2, 0.25) is 5.16 Å². The molecule has 15 heavy (non-hydrogen) atoms. The van der Waals surface area contributed by atoms with Crippen LogP contribution in [0, 0.1) is 6.92 Å². The molecule has 0 aromatic carbocycles. The maximum absolute atomic E-state index is 5.54. The Balaban J connectivity index is 2.16. The Morgan fingerprint density at radius 1 is 1.53 bits per heavy atom. The van der Waals surface area contributed by atoms with Gasteiger partial charge in [0.1, 0.15) is 10.9 Å². The lowest BCUT2D eigenvalue weighted by Gasteiger charge is -1.98. The summed E-state index contributed by atoms with van der Waals surface area (Å²) in [4.78, 5) is 8.39. The molecule has 2 heterocycles. The minimum atomic E-state index is 0.517. The van der Waals surface area contributed by atoms with Crippen LogP contribution in [0.1, 0.15) is 11.4 Å². The van der Waals surface area contributed by atoms with Crippen molar-refractivity contribution in [1.29, 1.82) is 0 Å². The van der Waals surface area contributed by atoms with Crippen LogP contribution in [0.4, 0.5) is 0 Å². The summed E-state index contributed by atoms with van der Waals surface area (Å²) >= 11 is 1.42. The predicted octanol–water partition coefficient (Wildman–Crippen LogP) is 1.12. The van der Waals surface area contributed by atoms with Crippen LogP contribution in [0.5, 0.6) is 0 Å². The summed E-state index contributed by atoms with van der Waals surface area (Å²) in [7, 11) is 0. The average molecular weight is 221 g/mol. The molecule has 0 amide bonds. The highest BCUT2D eigenvalue weighted by atomic mass is 32.2. The van der Waals surface area contributed by atoms with Crippen molar-refractivity contribution in [2.75, 3.05) is 0 Å². The second-order valence-corrected chi connectivity index (χ2v) is 4.00. The van der Waals surface area contributed by atoms with Crippen molar-refractivity contribution in [3.63, 3.8) is 0 Å². The van der Waals surface area contributed by atoms with E-state index in [-0.39, 0.29) is 0 Å². The highest BCUT2D eigenvalue weighted by Gasteiger charge is 2.04. The Hall–Kier alpha value is -1.40. The molecule has 0 aliphatic heterocycles. The molecule has 2 aromatic heterocycles. The van der Waals surface area contributed by atoms with Crippen LogP contribution in [0.15, 0.2) is 28.5 Å². The first-order chi connectivity index (χ1) is 7.28. The van der Waals surface area contributed by atoms with E-state index in [1.807, 2.05) is 19.1 Å². The Labute approximate surface area is 91.5 Å². The van der Waals surface area contributed by atoms with Gasteiger partial charge in [-0.15, -0.1) is 5.10 Å². The number of aromatic amines is 1. The fourth-order valence-corrected chi connectivity index (χ4v) is 1.88. The Kier molecular flexibility index (Phi) is 2.98. The van der Waals surface area contributed by atoms with Gasteiger partial charge in [0, 0.05) is 12.7 Å². The number of nitrogens with one attached hydrogen (secondary N) is 1. The zero-order chi connectivity index (χ0) is 10.7. The van der Waals surface area contributed by atoms with Crippen molar-refractivity contribution in [3.05, 3.63) is 29.7 Å². The summed E-state index contributed by atoms with van der Waals surface area (Å²) in [6, 6.07) is 3.84. The van der Waals surface area contributed by atoms with E-state index in [2.05, 4.69) is 20.2 Å². The van der Waals surface area contributed by atoms with E-state index in [4.69, 9.17) is 5.73 Å². The van der Waals surface area contributed by atoms with Crippen molar-refractivity contribution in [2.24, 2.45) is 5.73 Å². The number of hydrogen-bond donors (Lipinski definition) is 2. The number of H-pyrrole nitrogens is 1. The van der Waals surface area contributed by atoms with Gasteiger partial charge in [-0.05, 0) is 36.4 Å². The van der Waals surface area contributed by atoms with Crippen molar-refractivity contribution >= 4 is 11.8 Å². The second kappa shape index (κ2) is 4.41. The van der Waals surface area contributed by atoms with E-state index in [1.165, 1.54) is 11.8 Å². The monoisotopic (exact) mass is 221 g/mol. The van der Waals surface area contributed by atoms with Crippen LogP contribution < -0.4 is 5.73 Å². The lowest BCUT2D eigenvalue weighted by atomic mass is 10.3. The van der Waals surface area contributed by atoms with Gasteiger partial charge < -0.3 is 5.73 Å². The van der Waals surface area contributed by atoms with Crippen LogP contribution in [0.25, 0.3) is 0 Å². The fraction of sp³-hybridized carbons (Fsp3) is 0.222. The smallest absolute Gasteiger partial charge is 0.214 e. The van der Waals surface area contributed by atoms with E-state index in [0.717, 1.165) is 16.4 Å². The minimum absolute atomic E-state index is 0.517. The molecule has 0 saturated carbocycles. The molecule has 2 rings (SSSR count). The van der Waals surface area contributed by atoms with E-state index < -0.39 is 0 Å². The zero-order valence-electron chi connectivity index (χ0n) is 8.27.